The first-order chi connectivity index (χ1) is 10.3. The number of hydrogen-bond acceptors (Lipinski definition) is 5. The van der Waals surface area contributed by atoms with E-state index in [9.17, 15) is 4.79 Å². The summed E-state index contributed by atoms with van der Waals surface area (Å²) < 4.78 is 10.7. The molecule has 1 aromatic carbocycles. The van der Waals surface area contributed by atoms with Gasteiger partial charge in [0, 0.05) is 6.42 Å². The highest BCUT2D eigenvalue weighted by molar-refractivity contribution is 5.79. The molecule has 1 aliphatic heterocycles. The highest BCUT2D eigenvalue weighted by Crippen LogP contribution is 2.26. The van der Waals surface area contributed by atoms with Crippen molar-refractivity contribution in [3.05, 3.63) is 41.5 Å². The fourth-order valence-electron chi connectivity index (χ4n) is 2.31. The number of hydrogen-bond donors (Lipinski definition) is 1. The van der Waals surface area contributed by atoms with E-state index in [-0.39, 0.29) is 18.4 Å². The molecule has 1 N–H and O–H groups in total. The lowest BCUT2D eigenvalue weighted by molar-refractivity contribution is -0.126. The Morgan fingerprint density at radius 3 is 3.10 bits per heavy atom. The topological polar surface area (TPSA) is 77.2 Å². The van der Waals surface area contributed by atoms with Gasteiger partial charge in [0.1, 0.15) is 12.4 Å². The van der Waals surface area contributed by atoms with Gasteiger partial charge in [0.15, 0.2) is 5.82 Å². The molecule has 110 valence electrons. The molecule has 2 heterocycles. The van der Waals surface area contributed by atoms with Crippen LogP contribution in [0.25, 0.3) is 0 Å². The van der Waals surface area contributed by atoms with E-state index in [4.69, 9.17) is 9.26 Å². The van der Waals surface area contributed by atoms with E-state index in [1.165, 1.54) is 0 Å². The van der Waals surface area contributed by atoms with Crippen molar-refractivity contribution < 1.29 is 14.1 Å². The highest BCUT2D eigenvalue weighted by atomic mass is 16.5. The maximum absolute atomic E-state index is 12.2. The molecule has 6 nitrogen and oxygen atoms in total. The van der Waals surface area contributed by atoms with Crippen molar-refractivity contribution >= 4 is 5.91 Å². The van der Waals surface area contributed by atoms with Crippen LogP contribution >= 0.6 is 0 Å². The molecule has 0 radical (unpaired) electrons. The van der Waals surface area contributed by atoms with Crippen molar-refractivity contribution in [3.63, 3.8) is 0 Å². The summed E-state index contributed by atoms with van der Waals surface area (Å²) in [5, 5.41) is 6.61. The third kappa shape index (κ3) is 3.04. The van der Waals surface area contributed by atoms with Crippen LogP contribution < -0.4 is 10.1 Å². The van der Waals surface area contributed by atoms with Crippen LogP contribution in [0, 0.1) is 5.92 Å². The van der Waals surface area contributed by atoms with E-state index in [1.807, 2.05) is 31.2 Å². The first kappa shape index (κ1) is 13.6. The quantitative estimate of drug-likeness (QED) is 0.922. The molecule has 0 saturated heterocycles. The van der Waals surface area contributed by atoms with Gasteiger partial charge in [-0.2, -0.15) is 4.98 Å². The van der Waals surface area contributed by atoms with Gasteiger partial charge in [-0.15, -0.1) is 0 Å². The molecule has 0 bridgehead atoms. The van der Waals surface area contributed by atoms with Gasteiger partial charge >= 0.3 is 0 Å². The lowest BCUT2D eigenvalue weighted by atomic mass is 9.96. The zero-order chi connectivity index (χ0) is 14.7. The van der Waals surface area contributed by atoms with Crippen molar-refractivity contribution in [2.24, 2.45) is 5.92 Å². The predicted octanol–water partition coefficient (Wildman–Crippen LogP) is 1.50. The zero-order valence-corrected chi connectivity index (χ0v) is 11.8. The number of carbonyl (C=O) groups excluding carboxylic acids is 1. The van der Waals surface area contributed by atoms with Crippen molar-refractivity contribution in [1.29, 1.82) is 0 Å². The maximum atomic E-state index is 12.2. The molecule has 1 aromatic heterocycles. The molecule has 0 fully saturated rings. The number of fused-ring (bicyclic) bond motifs is 1. The Morgan fingerprint density at radius 2 is 2.29 bits per heavy atom. The standard InChI is InChI=1S/C15H17N3O3/c1-2-13-17-14(21-18-13)8-16-15(19)11-7-10-5-3-4-6-12(10)20-9-11/h3-6,11H,2,7-9H2,1H3,(H,16,19). The fraction of sp³-hybridized carbons (Fsp3) is 0.400. The van der Waals surface area contributed by atoms with Gasteiger partial charge in [-0.1, -0.05) is 30.3 Å². The Labute approximate surface area is 122 Å². The number of benzene rings is 1. The molecule has 0 spiro atoms. The molecule has 1 atom stereocenters. The molecule has 1 aliphatic rings. The highest BCUT2D eigenvalue weighted by Gasteiger charge is 2.25. The van der Waals surface area contributed by atoms with E-state index in [0.717, 1.165) is 11.3 Å². The van der Waals surface area contributed by atoms with E-state index < -0.39 is 0 Å². The van der Waals surface area contributed by atoms with Gasteiger partial charge in [-0.25, -0.2) is 0 Å². The fourth-order valence-corrected chi connectivity index (χ4v) is 2.31. The maximum Gasteiger partial charge on any atom is 0.246 e. The van der Waals surface area contributed by atoms with Gasteiger partial charge < -0.3 is 14.6 Å². The van der Waals surface area contributed by atoms with Gasteiger partial charge in [0.05, 0.1) is 12.5 Å². The molecule has 3 rings (SSSR count). The zero-order valence-electron chi connectivity index (χ0n) is 11.8. The third-order valence-electron chi connectivity index (χ3n) is 3.49. The number of carbonyl (C=O) groups is 1. The first-order valence-electron chi connectivity index (χ1n) is 7.06. The Balaban J connectivity index is 1.57. The second kappa shape index (κ2) is 5.95. The van der Waals surface area contributed by atoms with Crippen LogP contribution in [-0.2, 0) is 24.2 Å². The number of aromatic nitrogens is 2. The van der Waals surface area contributed by atoms with Crippen LogP contribution in [0.15, 0.2) is 28.8 Å². The normalized spacial score (nSPS) is 16.9. The van der Waals surface area contributed by atoms with Gasteiger partial charge in [0.2, 0.25) is 11.8 Å². The molecule has 0 saturated carbocycles. The third-order valence-corrected chi connectivity index (χ3v) is 3.49. The minimum atomic E-state index is -0.187. The average molecular weight is 287 g/mol. The number of nitrogens with one attached hydrogen (secondary N) is 1. The molecular formula is C15H17N3O3. The first-order valence-corrected chi connectivity index (χ1v) is 7.06. The molecular weight excluding hydrogens is 270 g/mol. The van der Waals surface area contributed by atoms with Crippen molar-refractivity contribution in [1.82, 2.24) is 15.5 Å². The summed E-state index contributed by atoms with van der Waals surface area (Å²) in [4.78, 5) is 16.3. The molecule has 2 aromatic rings. The minimum absolute atomic E-state index is 0.0549. The Bertz CT molecular complexity index is 639. The van der Waals surface area contributed by atoms with E-state index in [2.05, 4.69) is 15.5 Å². The van der Waals surface area contributed by atoms with Crippen molar-refractivity contribution in [2.75, 3.05) is 6.61 Å². The van der Waals surface area contributed by atoms with Gasteiger partial charge in [0.25, 0.3) is 0 Å². The monoisotopic (exact) mass is 287 g/mol. The summed E-state index contributed by atoms with van der Waals surface area (Å²) in [6, 6.07) is 7.79. The summed E-state index contributed by atoms with van der Waals surface area (Å²) in [6.45, 7) is 2.60. The van der Waals surface area contributed by atoms with E-state index in [1.54, 1.807) is 0 Å². The summed E-state index contributed by atoms with van der Waals surface area (Å²) in [6.07, 6.45) is 1.40. The van der Waals surface area contributed by atoms with Crippen LogP contribution in [0.5, 0.6) is 5.75 Å². The number of rotatable bonds is 4. The number of nitrogens with zero attached hydrogens (tertiary/aromatic N) is 2. The lowest BCUT2D eigenvalue weighted by Gasteiger charge is -2.24. The van der Waals surface area contributed by atoms with Crippen LogP contribution in [0.4, 0.5) is 0 Å². The largest absolute Gasteiger partial charge is 0.492 e. The van der Waals surface area contributed by atoms with Crippen LogP contribution in [0.3, 0.4) is 0 Å². The number of para-hydroxylation sites is 1. The molecule has 21 heavy (non-hydrogen) atoms. The smallest absolute Gasteiger partial charge is 0.246 e. The van der Waals surface area contributed by atoms with Gasteiger partial charge in [-0.05, 0) is 18.1 Å². The van der Waals surface area contributed by atoms with E-state index in [0.29, 0.717) is 31.2 Å². The lowest BCUT2D eigenvalue weighted by Crippen LogP contribution is -2.37. The second-order valence-corrected chi connectivity index (χ2v) is 5.00. The van der Waals surface area contributed by atoms with Crippen LogP contribution in [-0.4, -0.2) is 22.7 Å². The molecule has 1 unspecified atom stereocenters. The number of aryl methyl sites for hydroxylation is 1. The Morgan fingerprint density at radius 1 is 1.43 bits per heavy atom. The molecule has 0 aliphatic carbocycles. The number of ether oxygens (including phenoxy) is 1. The Hall–Kier alpha value is -2.37. The minimum Gasteiger partial charge on any atom is -0.492 e. The summed E-state index contributed by atoms with van der Waals surface area (Å²) in [5.41, 5.74) is 1.06. The van der Waals surface area contributed by atoms with E-state index >= 15 is 0 Å². The van der Waals surface area contributed by atoms with Crippen molar-refractivity contribution in [3.8, 4) is 5.75 Å². The molecule has 1 amide bonds. The average Bonchev–Trinajstić information content (AvgIpc) is 3.00. The summed E-state index contributed by atoms with van der Waals surface area (Å²) >= 11 is 0. The summed E-state index contributed by atoms with van der Waals surface area (Å²) in [5.74, 6) is 1.70. The van der Waals surface area contributed by atoms with Crippen molar-refractivity contribution in [2.45, 2.75) is 26.3 Å². The SMILES string of the molecule is CCc1noc(CNC(=O)C2COc3ccccc3C2)n1. The number of amides is 1. The molecule has 6 heteroatoms. The summed E-state index contributed by atoms with van der Waals surface area (Å²) in [7, 11) is 0. The van der Waals surface area contributed by atoms with Crippen LogP contribution in [0.1, 0.15) is 24.2 Å². The predicted molar refractivity (Wildman–Crippen MR) is 74.7 cm³/mol. The second-order valence-electron chi connectivity index (χ2n) is 5.00. The van der Waals surface area contributed by atoms with Crippen LogP contribution in [0.2, 0.25) is 0 Å². The Kier molecular flexibility index (Phi) is 3.85. The van der Waals surface area contributed by atoms with Gasteiger partial charge in [-0.3, -0.25) is 4.79 Å².